The van der Waals surface area contributed by atoms with E-state index >= 15 is 0 Å². The highest BCUT2D eigenvalue weighted by molar-refractivity contribution is 5.78. The van der Waals surface area contributed by atoms with Gasteiger partial charge in [-0.3, -0.25) is 4.79 Å². The molecule has 0 aliphatic heterocycles. The van der Waals surface area contributed by atoms with Crippen LogP contribution in [0.1, 0.15) is 37.9 Å². The zero-order valence-electron chi connectivity index (χ0n) is 17.3. The molecule has 1 aromatic heterocycles. The van der Waals surface area contributed by atoms with E-state index in [1.165, 1.54) is 19.3 Å². The predicted octanol–water partition coefficient (Wildman–Crippen LogP) is 3.94. The highest BCUT2D eigenvalue weighted by Crippen LogP contribution is 2.23. The maximum Gasteiger partial charge on any atom is 0.223 e. The Kier molecular flexibility index (Phi) is 6.52. The lowest BCUT2D eigenvalue weighted by atomic mass is 9.89. The number of aromatic nitrogens is 2. The number of nitrogens with two attached hydrogens (primary N) is 1. The van der Waals surface area contributed by atoms with Crippen molar-refractivity contribution in [3.63, 3.8) is 0 Å². The van der Waals surface area contributed by atoms with Gasteiger partial charge in [0.15, 0.2) is 0 Å². The third kappa shape index (κ3) is 4.93. The van der Waals surface area contributed by atoms with Gasteiger partial charge in [0.05, 0.1) is 17.6 Å². The van der Waals surface area contributed by atoms with Crippen molar-refractivity contribution in [1.82, 2.24) is 14.9 Å². The van der Waals surface area contributed by atoms with Crippen LogP contribution < -0.4 is 15.8 Å². The largest absolute Gasteiger partial charge is 0.492 e. The van der Waals surface area contributed by atoms with Crippen LogP contribution >= 0.6 is 0 Å². The Morgan fingerprint density at radius 2 is 1.97 bits per heavy atom. The van der Waals surface area contributed by atoms with E-state index in [1.54, 1.807) is 0 Å². The number of fused-ring (bicyclic) bond motifs is 1. The predicted molar refractivity (Wildman–Crippen MR) is 119 cm³/mol. The maximum atomic E-state index is 12.4. The van der Waals surface area contributed by atoms with E-state index in [0.717, 1.165) is 35.4 Å². The van der Waals surface area contributed by atoms with Crippen LogP contribution in [0.4, 0.5) is 5.69 Å². The lowest BCUT2D eigenvalue weighted by molar-refractivity contribution is -0.125. The molecule has 30 heavy (non-hydrogen) atoms. The average molecular weight is 407 g/mol. The van der Waals surface area contributed by atoms with Gasteiger partial charge in [-0.15, -0.1) is 0 Å². The number of para-hydroxylation sites is 2. The van der Waals surface area contributed by atoms with E-state index in [4.69, 9.17) is 15.5 Å². The molecule has 0 radical (unpaired) electrons. The zero-order chi connectivity index (χ0) is 20.8. The highest BCUT2D eigenvalue weighted by Gasteiger charge is 2.20. The van der Waals surface area contributed by atoms with Crippen molar-refractivity contribution in [2.75, 3.05) is 18.9 Å². The summed E-state index contributed by atoms with van der Waals surface area (Å²) in [5.74, 6) is 2.11. The molecule has 0 saturated heterocycles. The number of hydrogen-bond acceptors (Lipinski definition) is 4. The molecule has 2 aromatic carbocycles. The molecular formula is C24H30N4O2. The van der Waals surface area contributed by atoms with E-state index in [2.05, 4.69) is 16.0 Å². The summed E-state index contributed by atoms with van der Waals surface area (Å²) in [5.41, 5.74) is 8.57. The third-order valence-electron chi connectivity index (χ3n) is 5.80. The normalized spacial score (nSPS) is 14.7. The molecule has 1 fully saturated rings. The van der Waals surface area contributed by atoms with Crippen LogP contribution in [-0.4, -0.2) is 28.6 Å². The molecule has 3 aromatic rings. The summed E-state index contributed by atoms with van der Waals surface area (Å²) in [4.78, 5) is 17.2. The Morgan fingerprint density at radius 1 is 1.13 bits per heavy atom. The van der Waals surface area contributed by atoms with E-state index < -0.39 is 0 Å². The second-order valence-corrected chi connectivity index (χ2v) is 7.97. The SMILES string of the molecule is Nc1cccc(OCCn2c(CCNC(=O)C3CCCCC3)nc3ccccc32)c1. The first kappa shape index (κ1) is 20.3. The smallest absolute Gasteiger partial charge is 0.223 e. The number of nitrogens with zero attached hydrogens (tertiary/aromatic N) is 2. The van der Waals surface area contributed by atoms with Gasteiger partial charge >= 0.3 is 0 Å². The molecule has 0 spiro atoms. The summed E-state index contributed by atoms with van der Waals surface area (Å²) in [7, 11) is 0. The summed E-state index contributed by atoms with van der Waals surface area (Å²) < 4.78 is 8.08. The van der Waals surface area contributed by atoms with Gasteiger partial charge in [0, 0.05) is 30.6 Å². The highest BCUT2D eigenvalue weighted by atomic mass is 16.5. The molecule has 6 nitrogen and oxygen atoms in total. The van der Waals surface area contributed by atoms with Crippen molar-refractivity contribution in [1.29, 1.82) is 0 Å². The Hall–Kier alpha value is -3.02. The number of carbonyl (C=O) groups excluding carboxylic acids is 1. The van der Waals surface area contributed by atoms with Crippen LogP contribution in [0.25, 0.3) is 11.0 Å². The summed E-state index contributed by atoms with van der Waals surface area (Å²) in [6.45, 7) is 1.81. The van der Waals surface area contributed by atoms with Gasteiger partial charge in [-0.2, -0.15) is 0 Å². The van der Waals surface area contributed by atoms with Crippen LogP contribution in [0.15, 0.2) is 48.5 Å². The molecular weight excluding hydrogens is 376 g/mol. The van der Waals surface area contributed by atoms with Crippen LogP contribution in [0.3, 0.4) is 0 Å². The number of hydrogen-bond donors (Lipinski definition) is 2. The molecule has 1 amide bonds. The van der Waals surface area contributed by atoms with Crippen molar-refractivity contribution in [2.45, 2.75) is 45.1 Å². The van der Waals surface area contributed by atoms with Crippen LogP contribution in [-0.2, 0) is 17.8 Å². The van der Waals surface area contributed by atoms with E-state index in [-0.39, 0.29) is 11.8 Å². The number of carbonyl (C=O) groups is 1. The molecule has 1 heterocycles. The second-order valence-electron chi connectivity index (χ2n) is 7.97. The molecule has 158 valence electrons. The van der Waals surface area contributed by atoms with E-state index in [0.29, 0.717) is 31.8 Å². The van der Waals surface area contributed by atoms with Gasteiger partial charge in [0.25, 0.3) is 0 Å². The average Bonchev–Trinajstić information content (AvgIpc) is 3.12. The Bertz CT molecular complexity index is 992. The Balaban J connectivity index is 1.39. The number of benzene rings is 2. The minimum Gasteiger partial charge on any atom is -0.492 e. The lowest BCUT2D eigenvalue weighted by Crippen LogP contribution is -2.33. The lowest BCUT2D eigenvalue weighted by Gasteiger charge is -2.20. The quantitative estimate of drug-likeness (QED) is 0.555. The molecule has 1 aliphatic carbocycles. The molecule has 3 N–H and O–H groups in total. The standard InChI is InChI=1S/C24H30N4O2/c25-19-9-6-10-20(17-19)30-16-15-28-22-12-5-4-11-21(22)27-23(28)13-14-26-24(29)18-7-2-1-3-8-18/h4-6,9-12,17-18H,1-3,7-8,13-16,25H2,(H,26,29). The number of anilines is 1. The number of rotatable bonds is 8. The van der Waals surface area contributed by atoms with Gasteiger partial charge in [-0.05, 0) is 37.1 Å². The van der Waals surface area contributed by atoms with Gasteiger partial charge in [-0.25, -0.2) is 4.98 Å². The van der Waals surface area contributed by atoms with Crippen molar-refractivity contribution < 1.29 is 9.53 Å². The molecule has 0 unspecified atom stereocenters. The third-order valence-corrected chi connectivity index (χ3v) is 5.80. The summed E-state index contributed by atoms with van der Waals surface area (Å²) in [6, 6.07) is 15.6. The van der Waals surface area contributed by atoms with Crippen LogP contribution in [0, 0.1) is 5.92 Å². The number of amides is 1. The first-order valence-corrected chi connectivity index (χ1v) is 10.9. The molecule has 1 aliphatic rings. The first-order valence-electron chi connectivity index (χ1n) is 10.9. The van der Waals surface area contributed by atoms with Crippen LogP contribution in [0.5, 0.6) is 5.75 Å². The fraction of sp³-hybridized carbons (Fsp3) is 0.417. The zero-order valence-corrected chi connectivity index (χ0v) is 17.3. The number of ether oxygens (including phenoxy) is 1. The van der Waals surface area contributed by atoms with Gasteiger partial charge in [-0.1, -0.05) is 37.5 Å². The van der Waals surface area contributed by atoms with E-state index in [1.807, 2.05) is 42.5 Å². The van der Waals surface area contributed by atoms with Gasteiger partial charge in [0.2, 0.25) is 5.91 Å². The van der Waals surface area contributed by atoms with Crippen LogP contribution in [0.2, 0.25) is 0 Å². The van der Waals surface area contributed by atoms with Crippen molar-refractivity contribution >= 4 is 22.6 Å². The molecule has 0 bridgehead atoms. The van der Waals surface area contributed by atoms with Crippen molar-refractivity contribution in [3.05, 3.63) is 54.4 Å². The summed E-state index contributed by atoms with van der Waals surface area (Å²) in [5, 5.41) is 3.12. The minimum atomic E-state index is 0.185. The Morgan fingerprint density at radius 3 is 2.80 bits per heavy atom. The van der Waals surface area contributed by atoms with E-state index in [9.17, 15) is 4.79 Å². The van der Waals surface area contributed by atoms with Gasteiger partial charge in [0.1, 0.15) is 18.2 Å². The maximum absolute atomic E-state index is 12.4. The molecule has 0 atom stereocenters. The fourth-order valence-corrected chi connectivity index (χ4v) is 4.23. The molecule has 6 heteroatoms. The molecule has 1 saturated carbocycles. The topological polar surface area (TPSA) is 82.2 Å². The number of nitrogen functional groups attached to an aromatic ring is 1. The second kappa shape index (κ2) is 9.65. The summed E-state index contributed by atoms with van der Waals surface area (Å²) >= 11 is 0. The van der Waals surface area contributed by atoms with Crippen molar-refractivity contribution in [3.8, 4) is 5.75 Å². The first-order chi connectivity index (χ1) is 14.7. The Labute approximate surface area is 177 Å². The fourth-order valence-electron chi connectivity index (χ4n) is 4.23. The summed E-state index contributed by atoms with van der Waals surface area (Å²) in [6.07, 6.45) is 6.33. The number of nitrogens with one attached hydrogen (secondary N) is 1. The monoisotopic (exact) mass is 406 g/mol. The van der Waals surface area contributed by atoms with Crippen molar-refractivity contribution in [2.24, 2.45) is 5.92 Å². The van der Waals surface area contributed by atoms with Gasteiger partial charge < -0.3 is 20.4 Å². The minimum absolute atomic E-state index is 0.185. The number of imidazole rings is 1. The molecule has 4 rings (SSSR count).